The first kappa shape index (κ1) is 10.9. The third-order valence-corrected chi connectivity index (χ3v) is 3.35. The van der Waals surface area contributed by atoms with Gasteiger partial charge in [0, 0.05) is 30.3 Å². The first-order valence-electron chi connectivity index (χ1n) is 6.09. The summed E-state index contributed by atoms with van der Waals surface area (Å²) in [4.78, 5) is 0. The third-order valence-electron chi connectivity index (χ3n) is 3.35. The van der Waals surface area contributed by atoms with E-state index in [2.05, 4.69) is 53.1 Å². The van der Waals surface area contributed by atoms with Crippen molar-refractivity contribution in [1.29, 1.82) is 0 Å². The van der Waals surface area contributed by atoms with E-state index in [0.717, 1.165) is 17.7 Å². The minimum absolute atomic E-state index is 0.522. The highest BCUT2D eigenvalue weighted by atomic mass is 15.2. The summed E-state index contributed by atoms with van der Waals surface area (Å²) < 4.78 is 2.17. The van der Waals surface area contributed by atoms with Crippen LogP contribution in [0.15, 0.2) is 30.5 Å². The van der Waals surface area contributed by atoms with Crippen LogP contribution >= 0.6 is 0 Å². The summed E-state index contributed by atoms with van der Waals surface area (Å²) in [6.45, 7) is 2.18. The van der Waals surface area contributed by atoms with Crippen molar-refractivity contribution in [2.45, 2.75) is 13.3 Å². The van der Waals surface area contributed by atoms with Crippen molar-refractivity contribution >= 4 is 16.7 Å². The molecule has 2 heterocycles. The Hall–Kier alpha value is -2.23. The fourth-order valence-corrected chi connectivity index (χ4v) is 2.53. The smallest absolute Gasteiger partial charge is 0.145 e. The number of aryl methyl sites for hydroxylation is 2. The second-order valence-electron chi connectivity index (χ2n) is 4.53. The maximum Gasteiger partial charge on any atom is 0.145 e. The lowest BCUT2D eigenvalue weighted by Gasteiger charge is -2.02. The zero-order valence-corrected chi connectivity index (χ0v) is 10.6. The highest BCUT2D eigenvalue weighted by molar-refractivity contribution is 5.97. The molecule has 0 atom stereocenters. The van der Waals surface area contributed by atoms with Gasteiger partial charge >= 0.3 is 0 Å². The van der Waals surface area contributed by atoms with Crippen LogP contribution in [0.3, 0.4) is 0 Å². The van der Waals surface area contributed by atoms with Crippen molar-refractivity contribution in [2.75, 3.05) is 5.73 Å². The first-order valence-corrected chi connectivity index (χ1v) is 6.09. The number of aromatic amines is 1. The Bertz CT molecular complexity index is 706. The normalized spacial score (nSPS) is 11.2. The Morgan fingerprint density at radius 1 is 1.39 bits per heavy atom. The lowest BCUT2D eigenvalue weighted by Crippen LogP contribution is -1.89. The van der Waals surface area contributed by atoms with Crippen molar-refractivity contribution in [1.82, 2.24) is 14.8 Å². The van der Waals surface area contributed by atoms with Gasteiger partial charge in [-0.05, 0) is 12.0 Å². The molecule has 92 valence electrons. The van der Waals surface area contributed by atoms with Crippen LogP contribution in [0.1, 0.15) is 12.5 Å². The van der Waals surface area contributed by atoms with Gasteiger partial charge in [-0.3, -0.25) is 5.10 Å². The van der Waals surface area contributed by atoms with E-state index in [0.29, 0.717) is 5.82 Å². The van der Waals surface area contributed by atoms with E-state index in [-0.39, 0.29) is 0 Å². The average Bonchev–Trinajstić information content (AvgIpc) is 2.94. The monoisotopic (exact) mass is 240 g/mol. The number of hydrogen-bond acceptors (Lipinski definition) is 2. The van der Waals surface area contributed by atoms with Crippen LogP contribution in [0.4, 0.5) is 5.82 Å². The quantitative estimate of drug-likeness (QED) is 0.723. The number of aromatic nitrogens is 3. The van der Waals surface area contributed by atoms with Crippen LogP contribution in [0.2, 0.25) is 0 Å². The number of benzene rings is 1. The Labute approximate surface area is 105 Å². The van der Waals surface area contributed by atoms with Crippen LogP contribution in [0, 0.1) is 0 Å². The minimum atomic E-state index is 0.522. The standard InChI is InChI=1S/C14H16N4/c1-3-9-5-4-6-10-11(8-18(2)14(9)10)12-7-13(15)17-16-12/h4-8H,3H2,1-2H3,(H3,15,16,17). The predicted molar refractivity (Wildman–Crippen MR) is 74.3 cm³/mol. The fraction of sp³-hybridized carbons (Fsp3) is 0.214. The number of H-pyrrole nitrogens is 1. The third kappa shape index (κ3) is 1.49. The largest absolute Gasteiger partial charge is 0.382 e. The Morgan fingerprint density at radius 2 is 2.22 bits per heavy atom. The minimum Gasteiger partial charge on any atom is -0.382 e. The van der Waals surface area contributed by atoms with Gasteiger partial charge in [-0.1, -0.05) is 25.1 Å². The molecule has 0 aliphatic carbocycles. The van der Waals surface area contributed by atoms with Gasteiger partial charge in [-0.15, -0.1) is 0 Å². The van der Waals surface area contributed by atoms with E-state index in [1.165, 1.54) is 16.5 Å². The molecule has 0 spiro atoms. The van der Waals surface area contributed by atoms with E-state index in [1.54, 1.807) is 0 Å². The summed E-state index contributed by atoms with van der Waals surface area (Å²) in [5.74, 6) is 0.522. The molecule has 0 saturated carbocycles. The first-order chi connectivity index (χ1) is 8.70. The van der Waals surface area contributed by atoms with Gasteiger partial charge in [0.15, 0.2) is 0 Å². The summed E-state index contributed by atoms with van der Waals surface area (Å²) in [6, 6.07) is 8.28. The maximum atomic E-state index is 5.67. The molecule has 4 nitrogen and oxygen atoms in total. The number of fused-ring (bicyclic) bond motifs is 1. The van der Waals surface area contributed by atoms with Gasteiger partial charge in [0.25, 0.3) is 0 Å². The molecule has 0 fully saturated rings. The second kappa shape index (κ2) is 3.91. The van der Waals surface area contributed by atoms with Gasteiger partial charge in [-0.25, -0.2) is 0 Å². The lowest BCUT2D eigenvalue weighted by atomic mass is 10.1. The number of hydrogen-bond donors (Lipinski definition) is 2. The van der Waals surface area contributed by atoms with Crippen molar-refractivity contribution in [3.8, 4) is 11.3 Å². The molecular weight excluding hydrogens is 224 g/mol. The van der Waals surface area contributed by atoms with E-state index < -0.39 is 0 Å². The van der Waals surface area contributed by atoms with Crippen LogP contribution in [0.25, 0.3) is 22.2 Å². The lowest BCUT2D eigenvalue weighted by molar-refractivity contribution is 0.955. The van der Waals surface area contributed by atoms with Crippen molar-refractivity contribution in [3.05, 3.63) is 36.0 Å². The van der Waals surface area contributed by atoms with Crippen LogP contribution < -0.4 is 5.73 Å². The van der Waals surface area contributed by atoms with Crippen molar-refractivity contribution in [2.24, 2.45) is 7.05 Å². The molecule has 0 aliphatic rings. The summed E-state index contributed by atoms with van der Waals surface area (Å²) in [7, 11) is 2.07. The van der Waals surface area contributed by atoms with E-state index in [4.69, 9.17) is 5.73 Å². The molecule has 0 saturated heterocycles. The molecule has 3 rings (SSSR count). The molecule has 2 aromatic heterocycles. The molecule has 4 heteroatoms. The Kier molecular flexibility index (Phi) is 2.37. The number of anilines is 1. The molecular formula is C14H16N4. The van der Waals surface area contributed by atoms with Crippen LogP contribution in [0.5, 0.6) is 0 Å². The van der Waals surface area contributed by atoms with Gasteiger partial charge in [-0.2, -0.15) is 5.10 Å². The average molecular weight is 240 g/mol. The molecule has 18 heavy (non-hydrogen) atoms. The number of nitrogen functional groups attached to an aromatic ring is 1. The molecule has 3 aromatic rings. The van der Waals surface area contributed by atoms with Gasteiger partial charge in [0.2, 0.25) is 0 Å². The molecule has 0 radical (unpaired) electrons. The SMILES string of the molecule is CCc1cccc2c(-c3cc(N)n[nH]3)cn(C)c12. The topological polar surface area (TPSA) is 59.6 Å². The van der Waals surface area contributed by atoms with Gasteiger partial charge in [0.1, 0.15) is 5.82 Å². The Balaban J connectivity index is 2.32. The summed E-state index contributed by atoms with van der Waals surface area (Å²) in [5, 5.41) is 8.21. The van der Waals surface area contributed by atoms with Crippen molar-refractivity contribution in [3.63, 3.8) is 0 Å². The number of rotatable bonds is 2. The second-order valence-corrected chi connectivity index (χ2v) is 4.53. The molecule has 0 amide bonds. The Morgan fingerprint density at radius 3 is 2.89 bits per heavy atom. The molecule has 1 aromatic carbocycles. The zero-order valence-electron chi connectivity index (χ0n) is 10.6. The number of nitrogens with zero attached hydrogens (tertiary/aromatic N) is 2. The van der Waals surface area contributed by atoms with E-state index in [9.17, 15) is 0 Å². The molecule has 3 N–H and O–H groups in total. The van der Waals surface area contributed by atoms with E-state index >= 15 is 0 Å². The molecule has 0 bridgehead atoms. The van der Waals surface area contributed by atoms with E-state index in [1.807, 2.05) is 6.07 Å². The van der Waals surface area contributed by atoms with Gasteiger partial charge < -0.3 is 10.3 Å². The highest BCUT2D eigenvalue weighted by Crippen LogP contribution is 2.31. The molecule has 0 aliphatic heterocycles. The summed E-state index contributed by atoms with van der Waals surface area (Å²) in [6.07, 6.45) is 3.15. The highest BCUT2D eigenvalue weighted by Gasteiger charge is 2.12. The summed E-state index contributed by atoms with van der Waals surface area (Å²) >= 11 is 0. The van der Waals surface area contributed by atoms with Crippen LogP contribution in [-0.4, -0.2) is 14.8 Å². The number of para-hydroxylation sites is 1. The fourth-order valence-electron chi connectivity index (χ4n) is 2.53. The van der Waals surface area contributed by atoms with Crippen molar-refractivity contribution < 1.29 is 0 Å². The van der Waals surface area contributed by atoms with Gasteiger partial charge in [0.05, 0.1) is 11.2 Å². The number of nitrogens with two attached hydrogens (primary N) is 1. The predicted octanol–water partition coefficient (Wildman–Crippen LogP) is 2.71. The zero-order chi connectivity index (χ0) is 12.7. The molecule has 0 unspecified atom stereocenters. The maximum absolute atomic E-state index is 5.67. The summed E-state index contributed by atoms with van der Waals surface area (Å²) in [5.41, 5.74) is 10.4. The van der Waals surface area contributed by atoms with Crippen LogP contribution in [-0.2, 0) is 13.5 Å². The number of nitrogens with one attached hydrogen (secondary N) is 1.